The smallest absolute Gasteiger partial charge is 0.203 e. The molecule has 1 nitrogen and oxygen atoms in total. The highest BCUT2D eigenvalue weighted by atomic mass is 32.1. The molecule has 2 heteroatoms. The van der Waals surface area contributed by atoms with Crippen molar-refractivity contribution < 1.29 is 4.79 Å². The van der Waals surface area contributed by atoms with Gasteiger partial charge in [0.05, 0.1) is 4.88 Å². The normalized spacial score (nSPS) is 10.4. The number of hydrogen-bond acceptors (Lipinski definition) is 2. The van der Waals surface area contributed by atoms with Crippen molar-refractivity contribution in [1.29, 1.82) is 0 Å². The van der Waals surface area contributed by atoms with E-state index in [9.17, 15) is 4.79 Å². The number of benzene rings is 1. The minimum absolute atomic E-state index is 0.144. The summed E-state index contributed by atoms with van der Waals surface area (Å²) in [5, 5.41) is 1.96. The molecule has 0 saturated heterocycles. The van der Waals surface area contributed by atoms with Gasteiger partial charge in [-0.15, -0.1) is 11.3 Å². The number of carbonyl (C=O) groups excluding carboxylic acids is 1. The topological polar surface area (TPSA) is 17.1 Å². The van der Waals surface area contributed by atoms with Gasteiger partial charge in [-0.05, 0) is 43.3 Å². The van der Waals surface area contributed by atoms with Crippen LogP contribution in [0.5, 0.6) is 0 Å². The number of rotatable bonds is 2. The largest absolute Gasteiger partial charge is 0.288 e. The molecule has 1 aromatic carbocycles. The molecule has 82 valence electrons. The van der Waals surface area contributed by atoms with Crippen molar-refractivity contribution in [2.75, 3.05) is 0 Å². The third kappa shape index (κ3) is 1.93. The van der Waals surface area contributed by atoms with E-state index < -0.39 is 0 Å². The van der Waals surface area contributed by atoms with Crippen LogP contribution in [0.1, 0.15) is 31.9 Å². The summed E-state index contributed by atoms with van der Waals surface area (Å²) in [6.07, 6.45) is 0. The Labute approximate surface area is 99.8 Å². The van der Waals surface area contributed by atoms with Gasteiger partial charge in [-0.1, -0.05) is 23.8 Å². The van der Waals surface area contributed by atoms with Crippen LogP contribution >= 0.6 is 11.3 Å². The van der Waals surface area contributed by atoms with Crippen LogP contribution in [0.25, 0.3) is 0 Å². The predicted molar refractivity (Wildman–Crippen MR) is 68.4 cm³/mol. The minimum Gasteiger partial charge on any atom is -0.288 e. The van der Waals surface area contributed by atoms with Crippen LogP contribution in [-0.4, -0.2) is 5.78 Å². The lowest BCUT2D eigenvalue weighted by Gasteiger charge is -2.05. The molecule has 16 heavy (non-hydrogen) atoms. The van der Waals surface area contributed by atoms with Crippen LogP contribution in [0, 0.1) is 20.8 Å². The Hall–Kier alpha value is -1.41. The van der Waals surface area contributed by atoms with E-state index in [0.29, 0.717) is 0 Å². The van der Waals surface area contributed by atoms with Crippen molar-refractivity contribution in [3.8, 4) is 0 Å². The summed E-state index contributed by atoms with van der Waals surface area (Å²) in [5.74, 6) is 0.144. The number of aryl methyl sites for hydroxylation is 3. The molecule has 2 rings (SSSR count). The number of carbonyl (C=O) groups is 1. The minimum atomic E-state index is 0.144. The van der Waals surface area contributed by atoms with E-state index >= 15 is 0 Å². The van der Waals surface area contributed by atoms with Crippen LogP contribution in [0.2, 0.25) is 0 Å². The van der Waals surface area contributed by atoms with E-state index in [4.69, 9.17) is 0 Å². The Morgan fingerprint density at radius 2 is 1.81 bits per heavy atom. The Morgan fingerprint density at radius 1 is 1.06 bits per heavy atom. The number of ketones is 1. The molecule has 0 bridgehead atoms. The van der Waals surface area contributed by atoms with E-state index in [0.717, 1.165) is 21.6 Å². The zero-order chi connectivity index (χ0) is 11.7. The third-order valence-electron chi connectivity index (χ3n) is 2.69. The Kier molecular flexibility index (Phi) is 2.92. The van der Waals surface area contributed by atoms with E-state index in [1.165, 1.54) is 16.9 Å². The first-order chi connectivity index (χ1) is 7.59. The highest BCUT2D eigenvalue weighted by molar-refractivity contribution is 7.12. The van der Waals surface area contributed by atoms with E-state index in [-0.39, 0.29) is 5.78 Å². The molecule has 0 saturated carbocycles. The quantitative estimate of drug-likeness (QED) is 0.715. The van der Waals surface area contributed by atoms with Gasteiger partial charge in [0.2, 0.25) is 5.78 Å². The van der Waals surface area contributed by atoms with Crippen molar-refractivity contribution >= 4 is 17.1 Å². The monoisotopic (exact) mass is 230 g/mol. The van der Waals surface area contributed by atoms with E-state index in [1.54, 1.807) is 0 Å². The summed E-state index contributed by atoms with van der Waals surface area (Å²) in [6, 6.07) is 7.95. The standard InChI is InChI=1S/C14H14OS/c1-9-4-5-12(11(3)8-9)13(15)14-10(2)6-7-16-14/h4-8H,1-3H3. The fourth-order valence-corrected chi connectivity index (χ4v) is 2.68. The molecule has 0 atom stereocenters. The van der Waals surface area contributed by atoms with Crippen molar-refractivity contribution in [1.82, 2.24) is 0 Å². The molecular formula is C14H14OS. The van der Waals surface area contributed by atoms with Gasteiger partial charge in [0, 0.05) is 5.56 Å². The summed E-state index contributed by atoms with van der Waals surface area (Å²) in [7, 11) is 0. The Bertz CT molecular complexity index is 537. The fraction of sp³-hybridized carbons (Fsp3) is 0.214. The van der Waals surface area contributed by atoms with Crippen LogP contribution in [0.15, 0.2) is 29.6 Å². The zero-order valence-electron chi connectivity index (χ0n) is 9.70. The van der Waals surface area contributed by atoms with Gasteiger partial charge >= 0.3 is 0 Å². The van der Waals surface area contributed by atoms with Gasteiger partial charge in [0.25, 0.3) is 0 Å². The Morgan fingerprint density at radius 3 is 2.38 bits per heavy atom. The summed E-state index contributed by atoms with van der Waals surface area (Å²) >= 11 is 1.52. The molecule has 2 aromatic rings. The lowest BCUT2D eigenvalue weighted by atomic mass is 10.0. The number of thiophene rings is 1. The molecule has 0 spiro atoms. The van der Waals surface area contributed by atoms with Gasteiger partial charge < -0.3 is 0 Å². The van der Waals surface area contributed by atoms with Gasteiger partial charge in [-0.3, -0.25) is 4.79 Å². The van der Waals surface area contributed by atoms with Crippen molar-refractivity contribution in [2.45, 2.75) is 20.8 Å². The van der Waals surface area contributed by atoms with Gasteiger partial charge in [-0.25, -0.2) is 0 Å². The molecule has 1 aromatic heterocycles. The fourth-order valence-electron chi connectivity index (χ4n) is 1.80. The lowest BCUT2D eigenvalue weighted by molar-refractivity contribution is 0.104. The molecule has 0 radical (unpaired) electrons. The van der Waals surface area contributed by atoms with Crippen molar-refractivity contribution in [3.63, 3.8) is 0 Å². The summed E-state index contributed by atoms with van der Waals surface area (Å²) in [5.41, 5.74) is 4.13. The molecule has 0 aliphatic heterocycles. The van der Waals surface area contributed by atoms with E-state index in [2.05, 4.69) is 6.07 Å². The first-order valence-corrected chi connectivity index (χ1v) is 6.13. The van der Waals surface area contributed by atoms with E-state index in [1.807, 2.05) is 44.4 Å². The molecule has 0 N–H and O–H groups in total. The SMILES string of the molecule is Cc1ccc(C(=O)c2sccc2C)c(C)c1. The van der Waals surface area contributed by atoms with Gasteiger partial charge in [-0.2, -0.15) is 0 Å². The summed E-state index contributed by atoms with van der Waals surface area (Å²) < 4.78 is 0. The maximum atomic E-state index is 12.3. The summed E-state index contributed by atoms with van der Waals surface area (Å²) in [6.45, 7) is 6.01. The maximum Gasteiger partial charge on any atom is 0.203 e. The molecule has 0 aliphatic rings. The third-order valence-corrected chi connectivity index (χ3v) is 3.71. The van der Waals surface area contributed by atoms with Crippen LogP contribution < -0.4 is 0 Å². The second kappa shape index (κ2) is 4.22. The first-order valence-electron chi connectivity index (χ1n) is 5.25. The molecule has 1 heterocycles. The highest BCUT2D eigenvalue weighted by Crippen LogP contribution is 2.22. The number of hydrogen-bond donors (Lipinski definition) is 0. The average molecular weight is 230 g/mol. The highest BCUT2D eigenvalue weighted by Gasteiger charge is 2.14. The second-order valence-corrected chi connectivity index (χ2v) is 5.00. The zero-order valence-corrected chi connectivity index (χ0v) is 10.5. The molecule has 0 amide bonds. The molecular weight excluding hydrogens is 216 g/mol. The van der Waals surface area contributed by atoms with Crippen LogP contribution in [0.3, 0.4) is 0 Å². The van der Waals surface area contributed by atoms with Crippen molar-refractivity contribution in [3.05, 3.63) is 56.8 Å². The molecule has 0 fully saturated rings. The van der Waals surface area contributed by atoms with Gasteiger partial charge in [0.15, 0.2) is 0 Å². The average Bonchev–Trinajstić information content (AvgIpc) is 2.63. The Balaban J connectivity index is 2.46. The first kappa shape index (κ1) is 11.1. The molecule has 0 aliphatic carbocycles. The van der Waals surface area contributed by atoms with Crippen LogP contribution in [-0.2, 0) is 0 Å². The maximum absolute atomic E-state index is 12.3. The van der Waals surface area contributed by atoms with Crippen molar-refractivity contribution in [2.24, 2.45) is 0 Å². The molecule has 0 unspecified atom stereocenters. The second-order valence-electron chi connectivity index (χ2n) is 4.08. The van der Waals surface area contributed by atoms with Gasteiger partial charge in [0.1, 0.15) is 0 Å². The summed E-state index contributed by atoms with van der Waals surface area (Å²) in [4.78, 5) is 13.1. The van der Waals surface area contributed by atoms with Crippen LogP contribution in [0.4, 0.5) is 0 Å². The predicted octanol–water partition coefficient (Wildman–Crippen LogP) is 3.90. The lowest BCUT2D eigenvalue weighted by Crippen LogP contribution is -2.03.